The molecule has 130 valence electrons. The number of ether oxygens (including phenoxy) is 2. The lowest BCUT2D eigenvalue weighted by Gasteiger charge is -2.39. The summed E-state index contributed by atoms with van der Waals surface area (Å²) in [5, 5.41) is 10.9. The Morgan fingerprint density at radius 1 is 1.42 bits per heavy atom. The van der Waals surface area contributed by atoms with Gasteiger partial charge in [0.05, 0.1) is 23.8 Å². The highest BCUT2D eigenvalue weighted by atomic mass is 79.9. The first-order valence-corrected chi connectivity index (χ1v) is 8.25. The zero-order chi connectivity index (χ0) is 17.7. The molecular weight excluding hydrogens is 380 g/mol. The normalized spacial score (nSPS) is 21.0. The van der Waals surface area contributed by atoms with E-state index in [0.717, 1.165) is 18.5 Å². The van der Waals surface area contributed by atoms with E-state index >= 15 is 0 Å². The molecule has 0 N–H and O–H groups in total. The second kappa shape index (κ2) is 8.25. The molecule has 1 aliphatic heterocycles. The zero-order valence-corrected chi connectivity index (χ0v) is 15.1. The Balaban J connectivity index is 2.31. The summed E-state index contributed by atoms with van der Waals surface area (Å²) in [6.07, 6.45) is 4.94. The summed E-state index contributed by atoms with van der Waals surface area (Å²) < 4.78 is 10.7. The molecule has 8 heteroatoms. The Labute approximate surface area is 148 Å². The maximum atomic E-state index is 11.4. The van der Waals surface area contributed by atoms with Gasteiger partial charge in [-0.2, -0.15) is 0 Å². The van der Waals surface area contributed by atoms with Crippen LogP contribution in [0.4, 0.5) is 11.4 Å². The van der Waals surface area contributed by atoms with E-state index in [1.165, 1.54) is 25.3 Å². The molecular formula is C16H19BrN2O5. The Morgan fingerprint density at radius 3 is 2.75 bits per heavy atom. The van der Waals surface area contributed by atoms with Gasteiger partial charge in [0.2, 0.25) is 0 Å². The fraction of sp³-hybridized carbons (Fsp3) is 0.438. The first-order chi connectivity index (χ1) is 11.5. The van der Waals surface area contributed by atoms with Crippen molar-refractivity contribution in [2.75, 3.05) is 25.7 Å². The number of esters is 1. The van der Waals surface area contributed by atoms with Gasteiger partial charge >= 0.3 is 5.97 Å². The van der Waals surface area contributed by atoms with Crippen molar-refractivity contribution in [3.05, 3.63) is 44.9 Å². The fourth-order valence-corrected chi connectivity index (χ4v) is 3.32. The Kier molecular flexibility index (Phi) is 6.33. The maximum absolute atomic E-state index is 11.4. The molecule has 2 unspecified atom stereocenters. The summed E-state index contributed by atoms with van der Waals surface area (Å²) >= 11 is 3.41. The minimum atomic E-state index is -0.433. The van der Waals surface area contributed by atoms with Gasteiger partial charge in [-0.15, -0.1) is 0 Å². The molecule has 0 saturated carbocycles. The molecule has 1 aromatic rings. The molecule has 2 atom stereocenters. The molecule has 24 heavy (non-hydrogen) atoms. The number of piperidine rings is 1. The molecule has 1 aromatic carbocycles. The van der Waals surface area contributed by atoms with Crippen LogP contribution in [-0.2, 0) is 14.3 Å². The summed E-state index contributed by atoms with van der Waals surface area (Å²) in [5.41, 5.74) is 0.842. The number of nitro benzene ring substituents is 1. The molecule has 1 saturated heterocycles. The van der Waals surface area contributed by atoms with Gasteiger partial charge in [0.15, 0.2) is 0 Å². The minimum Gasteiger partial charge on any atom is -0.466 e. The van der Waals surface area contributed by atoms with Gasteiger partial charge in [0.25, 0.3) is 5.69 Å². The third kappa shape index (κ3) is 4.33. The van der Waals surface area contributed by atoms with Crippen molar-refractivity contribution < 1.29 is 19.2 Å². The standard InChI is InChI=1S/C16H19BrN2O5/c1-23-13-6-3-11(5-8-16(20)24-2)18(10-13)15-7-4-12(19(21)22)9-14(15)17/h4-5,7-9,11,13H,3,6,10H2,1-2H3/b8-5+. The number of carbonyl (C=O) groups is 1. The van der Waals surface area contributed by atoms with Crippen molar-refractivity contribution in [2.45, 2.75) is 25.0 Å². The van der Waals surface area contributed by atoms with E-state index in [9.17, 15) is 14.9 Å². The number of anilines is 1. The predicted molar refractivity (Wildman–Crippen MR) is 93.1 cm³/mol. The summed E-state index contributed by atoms with van der Waals surface area (Å²) in [4.78, 5) is 23.9. The number of methoxy groups -OCH3 is 2. The van der Waals surface area contributed by atoms with Gasteiger partial charge < -0.3 is 14.4 Å². The summed E-state index contributed by atoms with van der Waals surface area (Å²) in [6, 6.07) is 4.64. The molecule has 7 nitrogen and oxygen atoms in total. The SMILES string of the molecule is COC(=O)/C=C/C1CCC(OC)CN1c1ccc([N+](=O)[O-])cc1Br. The van der Waals surface area contributed by atoms with Crippen LogP contribution in [0, 0.1) is 10.1 Å². The van der Waals surface area contributed by atoms with Crippen LogP contribution in [0.15, 0.2) is 34.8 Å². The first kappa shape index (κ1) is 18.4. The predicted octanol–water partition coefficient (Wildman–Crippen LogP) is 3.07. The van der Waals surface area contributed by atoms with E-state index in [1.807, 2.05) is 0 Å². The fourth-order valence-electron chi connectivity index (χ4n) is 2.73. The maximum Gasteiger partial charge on any atom is 0.330 e. The lowest BCUT2D eigenvalue weighted by Crippen LogP contribution is -2.45. The smallest absolute Gasteiger partial charge is 0.330 e. The van der Waals surface area contributed by atoms with Gasteiger partial charge in [-0.3, -0.25) is 10.1 Å². The highest BCUT2D eigenvalue weighted by Crippen LogP contribution is 2.34. The van der Waals surface area contributed by atoms with E-state index < -0.39 is 10.9 Å². The van der Waals surface area contributed by atoms with Crippen molar-refractivity contribution in [1.82, 2.24) is 0 Å². The van der Waals surface area contributed by atoms with Gasteiger partial charge in [-0.25, -0.2) is 4.79 Å². The van der Waals surface area contributed by atoms with Crippen LogP contribution in [-0.4, -0.2) is 43.8 Å². The van der Waals surface area contributed by atoms with Crippen LogP contribution in [0.1, 0.15) is 12.8 Å². The lowest BCUT2D eigenvalue weighted by molar-refractivity contribution is -0.384. The second-order valence-electron chi connectivity index (χ2n) is 5.43. The Hall–Kier alpha value is -1.93. The second-order valence-corrected chi connectivity index (χ2v) is 6.28. The van der Waals surface area contributed by atoms with Crippen molar-refractivity contribution in [2.24, 2.45) is 0 Å². The molecule has 2 rings (SSSR count). The zero-order valence-electron chi connectivity index (χ0n) is 13.5. The lowest BCUT2D eigenvalue weighted by atomic mass is 9.98. The van der Waals surface area contributed by atoms with Crippen molar-refractivity contribution >= 4 is 33.3 Å². The summed E-state index contributed by atoms with van der Waals surface area (Å²) in [6.45, 7) is 0.628. The quantitative estimate of drug-likeness (QED) is 0.328. The largest absolute Gasteiger partial charge is 0.466 e. The number of non-ortho nitro benzene ring substituents is 1. The molecule has 0 amide bonds. The monoisotopic (exact) mass is 398 g/mol. The van der Waals surface area contributed by atoms with Gasteiger partial charge in [-0.1, -0.05) is 6.08 Å². The Morgan fingerprint density at radius 2 is 2.17 bits per heavy atom. The number of nitro groups is 1. The minimum absolute atomic E-state index is 0.0201. The van der Waals surface area contributed by atoms with E-state index in [2.05, 4.69) is 25.6 Å². The molecule has 0 bridgehead atoms. The third-order valence-corrected chi connectivity index (χ3v) is 4.66. The number of nitrogens with zero attached hydrogens (tertiary/aromatic N) is 2. The van der Waals surface area contributed by atoms with Crippen LogP contribution in [0.3, 0.4) is 0 Å². The third-order valence-electron chi connectivity index (χ3n) is 4.03. The molecule has 0 radical (unpaired) electrons. The first-order valence-electron chi connectivity index (χ1n) is 7.45. The van der Waals surface area contributed by atoms with Crippen LogP contribution in [0.2, 0.25) is 0 Å². The molecule has 1 aliphatic rings. The van der Waals surface area contributed by atoms with E-state index in [-0.39, 0.29) is 17.8 Å². The molecule has 1 heterocycles. The number of hydrogen-bond acceptors (Lipinski definition) is 6. The number of carbonyl (C=O) groups excluding carboxylic acids is 1. The van der Waals surface area contributed by atoms with Crippen molar-refractivity contribution in [3.63, 3.8) is 0 Å². The molecule has 0 aromatic heterocycles. The van der Waals surface area contributed by atoms with Crippen LogP contribution in [0.25, 0.3) is 0 Å². The van der Waals surface area contributed by atoms with E-state index in [1.54, 1.807) is 19.3 Å². The van der Waals surface area contributed by atoms with E-state index in [4.69, 9.17) is 4.74 Å². The number of rotatable bonds is 5. The number of benzene rings is 1. The molecule has 0 aliphatic carbocycles. The summed E-state index contributed by atoms with van der Waals surface area (Å²) in [5.74, 6) is -0.411. The average Bonchev–Trinajstić information content (AvgIpc) is 2.59. The van der Waals surface area contributed by atoms with Crippen LogP contribution >= 0.6 is 15.9 Å². The van der Waals surface area contributed by atoms with E-state index in [0.29, 0.717) is 11.0 Å². The van der Waals surface area contributed by atoms with Crippen LogP contribution in [0.5, 0.6) is 0 Å². The molecule has 0 spiro atoms. The average molecular weight is 399 g/mol. The van der Waals surface area contributed by atoms with Gasteiger partial charge in [0.1, 0.15) is 0 Å². The number of halogens is 1. The van der Waals surface area contributed by atoms with Gasteiger partial charge in [-0.05, 0) is 34.8 Å². The topological polar surface area (TPSA) is 81.9 Å². The Bertz CT molecular complexity index is 649. The highest BCUT2D eigenvalue weighted by Gasteiger charge is 2.28. The van der Waals surface area contributed by atoms with Crippen LogP contribution < -0.4 is 4.90 Å². The van der Waals surface area contributed by atoms with Crippen molar-refractivity contribution in [3.8, 4) is 0 Å². The van der Waals surface area contributed by atoms with Crippen molar-refractivity contribution in [1.29, 1.82) is 0 Å². The van der Waals surface area contributed by atoms with Gasteiger partial charge in [0, 0.05) is 42.4 Å². The summed E-state index contributed by atoms with van der Waals surface area (Å²) in [7, 11) is 3.00. The number of hydrogen-bond donors (Lipinski definition) is 0. The highest BCUT2D eigenvalue weighted by molar-refractivity contribution is 9.10. The molecule has 1 fully saturated rings.